The summed E-state index contributed by atoms with van der Waals surface area (Å²) >= 11 is 0. The molecule has 0 radical (unpaired) electrons. The van der Waals surface area contributed by atoms with E-state index in [0.29, 0.717) is 12.0 Å². The van der Waals surface area contributed by atoms with Crippen LogP contribution in [0.25, 0.3) is 0 Å². The molecule has 0 bridgehead atoms. The second-order valence-electron chi connectivity index (χ2n) is 4.43. The zero-order valence-corrected chi connectivity index (χ0v) is 10.5. The van der Waals surface area contributed by atoms with Gasteiger partial charge in [-0.25, -0.2) is 0 Å². The lowest BCUT2D eigenvalue weighted by molar-refractivity contribution is -0.385. The van der Waals surface area contributed by atoms with Crippen LogP contribution in [0.2, 0.25) is 0 Å². The highest BCUT2D eigenvalue weighted by atomic mass is 16.6. The lowest BCUT2D eigenvalue weighted by atomic mass is 9.90. The molecule has 2 unspecified atom stereocenters. The summed E-state index contributed by atoms with van der Waals surface area (Å²) in [5.41, 5.74) is 1.81. The number of hydrogen-bond donors (Lipinski definition) is 1. The van der Waals surface area contributed by atoms with Gasteiger partial charge in [0.2, 0.25) is 0 Å². The minimum absolute atomic E-state index is 0.149. The molecule has 1 aromatic carbocycles. The van der Waals surface area contributed by atoms with Crippen molar-refractivity contribution < 1.29 is 10.0 Å². The van der Waals surface area contributed by atoms with Crippen LogP contribution >= 0.6 is 0 Å². The molecule has 17 heavy (non-hydrogen) atoms. The largest absolute Gasteiger partial charge is 0.393 e. The van der Waals surface area contributed by atoms with E-state index in [0.717, 1.165) is 12.0 Å². The van der Waals surface area contributed by atoms with Gasteiger partial charge in [-0.05, 0) is 31.7 Å². The predicted molar refractivity (Wildman–Crippen MR) is 67.0 cm³/mol. The van der Waals surface area contributed by atoms with Crippen LogP contribution in [-0.2, 0) is 6.42 Å². The first-order chi connectivity index (χ1) is 7.97. The van der Waals surface area contributed by atoms with E-state index >= 15 is 0 Å². The fourth-order valence-corrected chi connectivity index (χ4v) is 2.03. The molecule has 0 amide bonds. The molecule has 0 spiro atoms. The normalized spacial score (nSPS) is 14.4. The summed E-state index contributed by atoms with van der Waals surface area (Å²) in [7, 11) is 0. The predicted octanol–water partition coefficient (Wildman–Crippen LogP) is 2.85. The molecule has 0 heterocycles. The van der Waals surface area contributed by atoms with E-state index in [1.54, 1.807) is 19.9 Å². The second kappa shape index (κ2) is 5.77. The summed E-state index contributed by atoms with van der Waals surface area (Å²) < 4.78 is 0. The number of aliphatic hydroxyl groups excluding tert-OH is 1. The molecule has 94 valence electrons. The fourth-order valence-electron chi connectivity index (χ4n) is 2.03. The van der Waals surface area contributed by atoms with E-state index < -0.39 is 6.10 Å². The molecule has 1 N–H and O–H groups in total. The first-order valence-corrected chi connectivity index (χ1v) is 5.88. The van der Waals surface area contributed by atoms with Gasteiger partial charge in [0.25, 0.3) is 5.69 Å². The van der Waals surface area contributed by atoms with Crippen LogP contribution in [0.4, 0.5) is 5.69 Å². The van der Waals surface area contributed by atoms with Crippen molar-refractivity contribution in [1.82, 2.24) is 0 Å². The third-order valence-electron chi connectivity index (χ3n) is 3.30. The van der Waals surface area contributed by atoms with Gasteiger partial charge in [-0.1, -0.05) is 25.5 Å². The first kappa shape index (κ1) is 13.6. The molecule has 0 saturated heterocycles. The topological polar surface area (TPSA) is 63.4 Å². The summed E-state index contributed by atoms with van der Waals surface area (Å²) in [6.45, 7) is 5.55. The van der Waals surface area contributed by atoms with E-state index in [2.05, 4.69) is 0 Å². The second-order valence-corrected chi connectivity index (χ2v) is 4.43. The van der Waals surface area contributed by atoms with Gasteiger partial charge < -0.3 is 5.11 Å². The number of hydrogen-bond acceptors (Lipinski definition) is 3. The Hall–Kier alpha value is -1.42. The van der Waals surface area contributed by atoms with E-state index in [-0.39, 0.29) is 16.5 Å². The molecular weight excluding hydrogens is 218 g/mol. The fraction of sp³-hybridized carbons (Fsp3) is 0.538. The molecule has 0 fully saturated rings. The zero-order valence-electron chi connectivity index (χ0n) is 10.5. The molecular formula is C13H19NO3. The van der Waals surface area contributed by atoms with Gasteiger partial charge in [0.15, 0.2) is 0 Å². The Morgan fingerprint density at radius 1 is 1.47 bits per heavy atom. The number of nitro groups is 1. The van der Waals surface area contributed by atoms with Crippen LogP contribution in [0, 0.1) is 23.0 Å². The standard InChI is InChI=1S/C13H19NO3/c1-4-11(10(3)15)8-12-6-5-7-13(9(12)2)14(16)17/h5-7,10-11,15H,4,8H2,1-3H3. The van der Waals surface area contributed by atoms with Crippen LogP contribution in [0.1, 0.15) is 31.4 Å². The molecule has 2 atom stereocenters. The lowest BCUT2D eigenvalue weighted by Gasteiger charge is -2.18. The van der Waals surface area contributed by atoms with Crippen LogP contribution in [-0.4, -0.2) is 16.1 Å². The van der Waals surface area contributed by atoms with Crippen molar-refractivity contribution in [3.8, 4) is 0 Å². The number of rotatable bonds is 5. The van der Waals surface area contributed by atoms with Gasteiger partial charge in [0, 0.05) is 11.6 Å². The van der Waals surface area contributed by atoms with Crippen molar-refractivity contribution in [3.63, 3.8) is 0 Å². The molecule has 0 aliphatic carbocycles. The monoisotopic (exact) mass is 237 g/mol. The third kappa shape index (κ3) is 3.27. The number of nitrogens with zero attached hydrogens (tertiary/aromatic N) is 1. The quantitative estimate of drug-likeness (QED) is 0.632. The minimum atomic E-state index is -0.390. The van der Waals surface area contributed by atoms with E-state index in [9.17, 15) is 15.2 Å². The molecule has 0 saturated carbocycles. The van der Waals surface area contributed by atoms with Crippen LogP contribution in [0.5, 0.6) is 0 Å². The highest BCUT2D eigenvalue weighted by Gasteiger charge is 2.18. The van der Waals surface area contributed by atoms with Crippen molar-refractivity contribution >= 4 is 5.69 Å². The van der Waals surface area contributed by atoms with Crippen LogP contribution < -0.4 is 0 Å². The number of aliphatic hydroxyl groups is 1. The summed E-state index contributed by atoms with van der Waals surface area (Å²) in [4.78, 5) is 10.5. The summed E-state index contributed by atoms with van der Waals surface area (Å²) in [5.74, 6) is 0.149. The number of benzene rings is 1. The van der Waals surface area contributed by atoms with Crippen LogP contribution in [0.15, 0.2) is 18.2 Å². The van der Waals surface area contributed by atoms with Crippen molar-refractivity contribution in [3.05, 3.63) is 39.4 Å². The highest BCUT2D eigenvalue weighted by Crippen LogP contribution is 2.25. The van der Waals surface area contributed by atoms with Crippen molar-refractivity contribution in [2.75, 3.05) is 0 Å². The maximum atomic E-state index is 10.8. The van der Waals surface area contributed by atoms with Gasteiger partial charge in [-0.3, -0.25) is 10.1 Å². The average Bonchev–Trinajstić information content (AvgIpc) is 2.26. The maximum absolute atomic E-state index is 10.8. The molecule has 0 aromatic heterocycles. The number of nitro benzene ring substituents is 1. The Bertz CT molecular complexity index is 402. The molecule has 4 heteroatoms. The van der Waals surface area contributed by atoms with Gasteiger partial charge >= 0.3 is 0 Å². The lowest BCUT2D eigenvalue weighted by Crippen LogP contribution is -2.18. The summed E-state index contributed by atoms with van der Waals surface area (Å²) in [6.07, 6.45) is 1.15. The first-order valence-electron chi connectivity index (χ1n) is 5.88. The van der Waals surface area contributed by atoms with Crippen LogP contribution in [0.3, 0.4) is 0 Å². The van der Waals surface area contributed by atoms with E-state index in [1.165, 1.54) is 6.07 Å². The highest BCUT2D eigenvalue weighted by molar-refractivity contribution is 5.44. The maximum Gasteiger partial charge on any atom is 0.272 e. The third-order valence-corrected chi connectivity index (χ3v) is 3.30. The van der Waals surface area contributed by atoms with Crippen molar-refractivity contribution in [2.45, 2.75) is 39.7 Å². The van der Waals surface area contributed by atoms with E-state index in [1.807, 2.05) is 13.0 Å². The molecule has 1 rings (SSSR count). The van der Waals surface area contributed by atoms with Crippen molar-refractivity contribution in [1.29, 1.82) is 0 Å². The Morgan fingerprint density at radius 3 is 2.59 bits per heavy atom. The smallest absolute Gasteiger partial charge is 0.272 e. The van der Waals surface area contributed by atoms with Gasteiger partial charge in [0.1, 0.15) is 0 Å². The minimum Gasteiger partial charge on any atom is -0.393 e. The Morgan fingerprint density at radius 2 is 2.12 bits per heavy atom. The summed E-state index contributed by atoms with van der Waals surface area (Å²) in [6, 6.07) is 5.12. The zero-order chi connectivity index (χ0) is 13.0. The van der Waals surface area contributed by atoms with Crippen molar-refractivity contribution in [2.24, 2.45) is 5.92 Å². The Kier molecular flexibility index (Phi) is 4.63. The van der Waals surface area contributed by atoms with Gasteiger partial charge in [-0.15, -0.1) is 0 Å². The SMILES string of the molecule is CCC(Cc1cccc([N+](=O)[O-])c1C)C(C)O. The Labute approximate surface area is 101 Å². The molecule has 4 nitrogen and oxygen atoms in total. The Balaban J connectivity index is 2.99. The average molecular weight is 237 g/mol. The molecule has 0 aliphatic heterocycles. The van der Waals surface area contributed by atoms with Gasteiger partial charge in [0.05, 0.1) is 11.0 Å². The molecule has 0 aliphatic rings. The molecule has 1 aromatic rings. The summed E-state index contributed by atoms with van der Waals surface area (Å²) in [5, 5.41) is 20.4. The van der Waals surface area contributed by atoms with E-state index in [4.69, 9.17) is 0 Å². The van der Waals surface area contributed by atoms with Gasteiger partial charge in [-0.2, -0.15) is 0 Å².